The molecule has 0 radical (unpaired) electrons. The van der Waals surface area contributed by atoms with Crippen LogP contribution >= 0.6 is 0 Å². The van der Waals surface area contributed by atoms with Gasteiger partial charge in [-0.25, -0.2) is 0 Å². The van der Waals surface area contributed by atoms with E-state index in [9.17, 15) is 4.79 Å². The predicted octanol–water partition coefficient (Wildman–Crippen LogP) is 4.37. The van der Waals surface area contributed by atoms with E-state index in [2.05, 4.69) is 33.9 Å². The molecule has 0 heterocycles. The van der Waals surface area contributed by atoms with E-state index in [4.69, 9.17) is 4.43 Å². The maximum absolute atomic E-state index is 10.8. The number of carbonyl (C=O) groups excluding carboxylic acids is 1. The predicted molar refractivity (Wildman–Crippen MR) is 78.7 cm³/mol. The Kier molecular flexibility index (Phi) is 4.38. The van der Waals surface area contributed by atoms with Gasteiger partial charge in [0.2, 0.25) is 8.32 Å². The molecule has 1 unspecified atom stereocenters. The van der Waals surface area contributed by atoms with Crippen LogP contribution in [-0.4, -0.2) is 14.6 Å². The molecule has 0 spiro atoms. The van der Waals surface area contributed by atoms with Gasteiger partial charge in [-0.2, -0.15) is 0 Å². The highest BCUT2D eigenvalue weighted by molar-refractivity contribution is 6.74. The molecule has 100 valence electrons. The smallest absolute Gasteiger partial charge is 0.250 e. The van der Waals surface area contributed by atoms with Crippen LogP contribution in [0.2, 0.25) is 18.1 Å². The molecule has 0 aliphatic carbocycles. The third-order valence-corrected chi connectivity index (χ3v) is 8.13. The first-order valence-corrected chi connectivity index (χ1v) is 9.32. The first kappa shape index (κ1) is 15.0. The quantitative estimate of drug-likeness (QED) is 0.596. The van der Waals surface area contributed by atoms with Crippen LogP contribution in [0.5, 0.6) is 5.75 Å². The molecule has 1 aromatic carbocycles. The Bertz CT molecular complexity index is 419. The second-order valence-electron chi connectivity index (χ2n) is 6.36. The molecular formula is C15H24O2Si. The number of rotatable bonds is 4. The molecule has 0 fully saturated rings. The molecule has 2 nitrogen and oxygen atoms in total. The van der Waals surface area contributed by atoms with Crippen LogP contribution in [0.3, 0.4) is 0 Å². The van der Waals surface area contributed by atoms with Crippen molar-refractivity contribution in [1.82, 2.24) is 0 Å². The third kappa shape index (κ3) is 3.45. The van der Waals surface area contributed by atoms with Crippen LogP contribution in [-0.2, 0) is 4.79 Å². The Morgan fingerprint density at radius 1 is 1.28 bits per heavy atom. The average molecular weight is 264 g/mol. The standard InChI is InChI=1S/C15H24O2Si/c1-12(11-16)13-8-7-9-14(10-13)17-18(5,6)15(2,3)4/h7-12H,1-6H3. The van der Waals surface area contributed by atoms with Crippen molar-refractivity contribution >= 4 is 14.6 Å². The fraction of sp³-hybridized carbons (Fsp3) is 0.533. The summed E-state index contributed by atoms with van der Waals surface area (Å²) in [5.41, 5.74) is 1.02. The van der Waals surface area contributed by atoms with E-state index in [1.54, 1.807) is 0 Å². The molecule has 0 aromatic heterocycles. The zero-order valence-corrected chi connectivity index (χ0v) is 13.3. The lowest BCUT2D eigenvalue weighted by molar-refractivity contribution is -0.108. The zero-order valence-electron chi connectivity index (χ0n) is 12.3. The monoisotopic (exact) mass is 264 g/mol. The highest BCUT2D eigenvalue weighted by Gasteiger charge is 2.38. The summed E-state index contributed by atoms with van der Waals surface area (Å²) in [5, 5.41) is 0.180. The Hall–Kier alpha value is -1.09. The van der Waals surface area contributed by atoms with E-state index in [1.165, 1.54) is 0 Å². The van der Waals surface area contributed by atoms with Crippen LogP contribution < -0.4 is 4.43 Å². The van der Waals surface area contributed by atoms with Crippen LogP contribution in [0.1, 0.15) is 39.2 Å². The van der Waals surface area contributed by atoms with Crippen molar-refractivity contribution in [2.75, 3.05) is 0 Å². The Labute approximate surface area is 111 Å². The minimum Gasteiger partial charge on any atom is -0.543 e. The molecule has 0 bridgehead atoms. The van der Waals surface area contributed by atoms with Gasteiger partial charge < -0.3 is 9.22 Å². The molecule has 18 heavy (non-hydrogen) atoms. The van der Waals surface area contributed by atoms with Gasteiger partial charge in [-0.1, -0.05) is 39.8 Å². The molecule has 1 atom stereocenters. The van der Waals surface area contributed by atoms with Crippen LogP contribution in [0.4, 0.5) is 0 Å². The summed E-state index contributed by atoms with van der Waals surface area (Å²) in [7, 11) is -1.80. The van der Waals surface area contributed by atoms with E-state index >= 15 is 0 Å². The molecule has 0 saturated heterocycles. The van der Waals surface area contributed by atoms with Gasteiger partial charge >= 0.3 is 0 Å². The molecule has 1 rings (SSSR count). The largest absolute Gasteiger partial charge is 0.543 e. The number of hydrogen-bond acceptors (Lipinski definition) is 2. The van der Waals surface area contributed by atoms with Gasteiger partial charge in [0.15, 0.2) is 0 Å². The van der Waals surface area contributed by atoms with E-state index in [-0.39, 0.29) is 11.0 Å². The molecule has 0 saturated carbocycles. The normalized spacial score (nSPS) is 14.1. The first-order chi connectivity index (χ1) is 8.17. The molecule has 1 aromatic rings. The SMILES string of the molecule is CC(C=O)c1cccc(O[Si](C)(C)C(C)(C)C)c1. The lowest BCUT2D eigenvalue weighted by Gasteiger charge is -2.36. The van der Waals surface area contributed by atoms with Crippen molar-refractivity contribution in [1.29, 1.82) is 0 Å². The molecule has 0 amide bonds. The minimum atomic E-state index is -1.80. The molecule has 0 N–H and O–H groups in total. The van der Waals surface area contributed by atoms with Gasteiger partial charge in [-0.05, 0) is 35.8 Å². The van der Waals surface area contributed by atoms with E-state index < -0.39 is 8.32 Å². The Morgan fingerprint density at radius 2 is 1.89 bits per heavy atom. The maximum Gasteiger partial charge on any atom is 0.250 e. The maximum atomic E-state index is 10.8. The topological polar surface area (TPSA) is 26.3 Å². The van der Waals surface area contributed by atoms with Crippen LogP contribution in [0, 0.1) is 0 Å². The fourth-order valence-corrected chi connectivity index (χ4v) is 2.41. The molecule has 3 heteroatoms. The van der Waals surface area contributed by atoms with Gasteiger partial charge in [0.25, 0.3) is 0 Å². The van der Waals surface area contributed by atoms with E-state index in [0.717, 1.165) is 17.6 Å². The highest BCUT2D eigenvalue weighted by atomic mass is 28.4. The van der Waals surface area contributed by atoms with Gasteiger partial charge in [0.05, 0.1) is 0 Å². The van der Waals surface area contributed by atoms with Gasteiger partial charge in [-0.15, -0.1) is 0 Å². The van der Waals surface area contributed by atoms with Crippen molar-refractivity contribution in [3.63, 3.8) is 0 Å². The summed E-state index contributed by atoms with van der Waals surface area (Å²) < 4.78 is 6.22. The van der Waals surface area contributed by atoms with Crippen molar-refractivity contribution in [3.05, 3.63) is 29.8 Å². The van der Waals surface area contributed by atoms with E-state index in [0.29, 0.717) is 0 Å². The lowest BCUT2D eigenvalue weighted by atomic mass is 10.0. The van der Waals surface area contributed by atoms with Gasteiger partial charge in [0, 0.05) is 5.92 Å². The van der Waals surface area contributed by atoms with Crippen molar-refractivity contribution < 1.29 is 9.22 Å². The number of hydrogen-bond donors (Lipinski definition) is 0. The summed E-state index contributed by atoms with van der Waals surface area (Å²) in [6.07, 6.45) is 0.964. The first-order valence-electron chi connectivity index (χ1n) is 6.41. The number of aldehydes is 1. The average Bonchev–Trinajstić information content (AvgIpc) is 2.26. The second-order valence-corrected chi connectivity index (χ2v) is 11.1. The highest BCUT2D eigenvalue weighted by Crippen LogP contribution is 2.37. The van der Waals surface area contributed by atoms with Crippen LogP contribution in [0.25, 0.3) is 0 Å². The zero-order chi connectivity index (χ0) is 14.0. The number of carbonyl (C=O) groups is 1. The van der Waals surface area contributed by atoms with Crippen molar-refractivity contribution in [3.8, 4) is 5.75 Å². The van der Waals surface area contributed by atoms with Crippen molar-refractivity contribution in [2.45, 2.75) is 51.7 Å². The lowest BCUT2D eigenvalue weighted by Crippen LogP contribution is -2.43. The third-order valence-electron chi connectivity index (χ3n) is 3.77. The summed E-state index contributed by atoms with van der Waals surface area (Å²) in [6, 6.07) is 7.89. The Balaban J connectivity index is 2.96. The van der Waals surface area contributed by atoms with Gasteiger partial charge in [0.1, 0.15) is 12.0 Å². The summed E-state index contributed by atoms with van der Waals surface area (Å²) in [5.74, 6) is 0.806. The van der Waals surface area contributed by atoms with E-state index in [1.807, 2.05) is 31.2 Å². The van der Waals surface area contributed by atoms with Gasteiger partial charge in [-0.3, -0.25) is 0 Å². The number of benzene rings is 1. The summed E-state index contributed by atoms with van der Waals surface area (Å²) in [6.45, 7) is 13.0. The fourth-order valence-electron chi connectivity index (χ4n) is 1.39. The molecule has 0 aliphatic heterocycles. The van der Waals surface area contributed by atoms with Crippen LogP contribution in [0.15, 0.2) is 24.3 Å². The second kappa shape index (κ2) is 5.27. The minimum absolute atomic E-state index is 0.0760. The summed E-state index contributed by atoms with van der Waals surface area (Å²) >= 11 is 0. The Morgan fingerprint density at radius 3 is 2.39 bits per heavy atom. The molecule has 0 aliphatic rings. The van der Waals surface area contributed by atoms with Crippen molar-refractivity contribution in [2.24, 2.45) is 0 Å². The molecular weight excluding hydrogens is 240 g/mol. The summed E-state index contributed by atoms with van der Waals surface area (Å²) in [4.78, 5) is 10.8.